The number of rotatable bonds is 5. The summed E-state index contributed by atoms with van der Waals surface area (Å²) in [5, 5.41) is 16.2. The molecule has 1 saturated heterocycles. The smallest absolute Gasteiger partial charge is 0.237 e. The van der Waals surface area contributed by atoms with E-state index in [1.54, 1.807) is 12.1 Å². The van der Waals surface area contributed by atoms with Gasteiger partial charge in [0, 0.05) is 19.1 Å². The summed E-state index contributed by atoms with van der Waals surface area (Å²) in [5.74, 6) is 0.768. The summed E-state index contributed by atoms with van der Waals surface area (Å²) in [4.78, 5) is 15.4. The average molecular weight is 374 g/mol. The number of fused-ring (bicyclic) bond motifs is 1. The quantitative estimate of drug-likeness (QED) is 0.742. The van der Waals surface area contributed by atoms with Crippen LogP contribution in [0.4, 0.5) is 0 Å². The lowest BCUT2D eigenvalue weighted by Gasteiger charge is -2.39. The minimum absolute atomic E-state index is 0.0877. The van der Waals surface area contributed by atoms with Gasteiger partial charge < -0.3 is 20.6 Å². The van der Waals surface area contributed by atoms with Crippen molar-refractivity contribution in [2.45, 2.75) is 65.6 Å². The van der Waals surface area contributed by atoms with E-state index in [-0.39, 0.29) is 23.7 Å². The summed E-state index contributed by atoms with van der Waals surface area (Å²) < 4.78 is 0. The van der Waals surface area contributed by atoms with E-state index >= 15 is 0 Å². The molecule has 1 aromatic rings. The van der Waals surface area contributed by atoms with Gasteiger partial charge in [0.15, 0.2) is 0 Å². The molecule has 0 radical (unpaired) electrons. The van der Waals surface area contributed by atoms with Crippen molar-refractivity contribution < 1.29 is 9.90 Å². The van der Waals surface area contributed by atoms with Gasteiger partial charge in [0.1, 0.15) is 5.75 Å². The van der Waals surface area contributed by atoms with Crippen LogP contribution in [0.5, 0.6) is 5.75 Å². The Balaban J connectivity index is 1.57. The summed E-state index contributed by atoms with van der Waals surface area (Å²) in [6.45, 7) is 12.8. The predicted octanol–water partition coefficient (Wildman–Crippen LogP) is 2.67. The van der Waals surface area contributed by atoms with Gasteiger partial charge in [-0.05, 0) is 66.9 Å². The maximum Gasteiger partial charge on any atom is 0.237 e. The molecule has 3 rings (SSSR count). The zero-order valence-electron chi connectivity index (χ0n) is 17.2. The molecule has 2 aliphatic rings. The van der Waals surface area contributed by atoms with Crippen molar-refractivity contribution in [2.24, 2.45) is 11.3 Å². The lowest BCUT2D eigenvalue weighted by atomic mass is 9.82. The van der Waals surface area contributed by atoms with E-state index in [0.29, 0.717) is 24.3 Å². The molecule has 1 amide bonds. The first kappa shape index (κ1) is 20.2. The van der Waals surface area contributed by atoms with Crippen molar-refractivity contribution in [3.63, 3.8) is 0 Å². The summed E-state index contributed by atoms with van der Waals surface area (Å²) in [6.07, 6.45) is 3.11. The highest BCUT2D eigenvalue weighted by Gasteiger charge is 2.30. The van der Waals surface area contributed by atoms with Crippen molar-refractivity contribution in [1.82, 2.24) is 15.5 Å². The van der Waals surface area contributed by atoms with Gasteiger partial charge >= 0.3 is 0 Å². The number of phenolic OH excluding ortho intramolecular Hbond substituents is 1. The monoisotopic (exact) mass is 373 g/mol. The molecule has 5 heteroatoms. The molecule has 1 aromatic carbocycles. The summed E-state index contributed by atoms with van der Waals surface area (Å²) >= 11 is 0. The maximum absolute atomic E-state index is 12.9. The van der Waals surface area contributed by atoms with Crippen LogP contribution in [-0.4, -0.2) is 47.6 Å². The van der Waals surface area contributed by atoms with Crippen LogP contribution < -0.4 is 10.6 Å². The first-order chi connectivity index (χ1) is 12.7. The van der Waals surface area contributed by atoms with Crippen molar-refractivity contribution in [2.75, 3.05) is 19.6 Å². The molecule has 0 bridgehead atoms. The van der Waals surface area contributed by atoms with Gasteiger partial charge in [-0.3, -0.25) is 4.79 Å². The lowest BCUT2D eigenvalue weighted by molar-refractivity contribution is -0.124. The summed E-state index contributed by atoms with van der Waals surface area (Å²) in [7, 11) is 0. The van der Waals surface area contributed by atoms with Crippen LogP contribution in [0, 0.1) is 11.3 Å². The molecule has 150 valence electrons. The number of aromatic hydroxyl groups is 1. The molecule has 2 heterocycles. The Morgan fingerprint density at radius 3 is 2.67 bits per heavy atom. The Hall–Kier alpha value is -1.59. The van der Waals surface area contributed by atoms with Crippen LogP contribution in [0.2, 0.25) is 0 Å². The molecule has 2 atom stereocenters. The van der Waals surface area contributed by atoms with Crippen molar-refractivity contribution in [3.05, 3.63) is 29.3 Å². The van der Waals surface area contributed by atoms with Crippen LogP contribution >= 0.6 is 0 Å². The molecule has 27 heavy (non-hydrogen) atoms. The number of nitrogens with one attached hydrogen (secondary N) is 2. The Morgan fingerprint density at radius 2 is 2.00 bits per heavy atom. The van der Waals surface area contributed by atoms with E-state index in [0.717, 1.165) is 30.8 Å². The molecule has 2 aliphatic heterocycles. The number of carbonyl (C=O) groups excluding carboxylic acids is 1. The van der Waals surface area contributed by atoms with Crippen LogP contribution in [0.25, 0.3) is 0 Å². The highest BCUT2D eigenvalue weighted by Crippen LogP contribution is 2.30. The lowest BCUT2D eigenvalue weighted by Crippen LogP contribution is -2.55. The number of hydrogen-bond donors (Lipinski definition) is 3. The van der Waals surface area contributed by atoms with Gasteiger partial charge in [-0.1, -0.05) is 33.8 Å². The summed E-state index contributed by atoms with van der Waals surface area (Å²) in [5.41, 5.74) is 2.67. The molecule has 0 saturated carbocycles. The maximum atomic E-state index is 12.9. The van der Waals surface area contributed by atoms with Gasteiger partial charge in [0.05, 0.1) is 6.04 Å². The van der Waals surface area contributed by atoms with Crippen molar-refractivity contribution in [1.29, 1.82) is 0 Å². The van der Waals surface area contributed by atoms with E-state index < -0.39 is 0 Å². The SMILES string of the molecule is CC(C)[C@@H](CN1CCC(C)(C)CC1)NC(=O)C1Cc2ccc(O)cc2CN1. The first-order valence-corrected chi connectivity index (χ1v) is 10.3. The Morgan fingerprint density at radius 1 is 1.30 bits per heavy atom. The van der Waals surface area contributed by atoms with Gasteiger partial charge in [-0.25, -0.2) is 0 Å². The minimum Gasteiger partial charge on any atom is -0.508 e. The van der Waals surface area contributed by atoms with Gasteiger partial charge in [-0.15, -0.1) is 0 Å². The molecule has 1 fully saturated rings. The molecular formula is C22H35N3O2. The molecule has 0 aliphatic carbocycles. The minimum atomic E-state index is -0.205. The third-order valence-corrected chi connectivity index (χ3v) is 6.27. The van der Waals surface area contributed by atoms with Crippen LogP contribution in [0.15, 0.2) is 18.2 Å². The number of amides is 1. The standard InChI is InChI=1S/C22H35N3O2/c1-15(2)20(14-25-9-7-22(3,4)8-10-25)24-21(27)19-12-16-5-6-18(26)11-17(16)13-23-19/h5-6,11,15,19-20,23,26H,7-10,12-14H2,1-4H3,(H,24,27)/t19?,20-/m1/s1. The fraction of sp³-hybridized carbons (Fsp3) is 0.682. The molecular weight excluding hydrogens is 338 g/mol. The second-order valence-electron chi connectivity index (χ2n) is 9.41. The second kappa shape index (κ2) is 8.19. The largest absolute Gasteiger partial charge is 0.508 e. The van der Waals surface area contributed by atoms with Crippen LogP contribution in [0.3, 0.4) is 0 Å². The number of piperidine rings is 1. The third kappa shape index (κ3) is 5.23. The topological polar surface area (TPSA) is 64.6 Å². The normalized spacial score (nSPS) is 23.7. The molecule has 3 N–H and O–H groups in total. The summed E-state index contributed by atoms with van der Waals surface area (Å²) in [6, 6.07) is 5.38. The number of hydrogen-bond acceptors (Lipinski definition) is 4. The Bertz CT molecular complexity index is 662. The van der Waals surface area contributed by atoms with Gasteiger partial charge in [0.2, 0.25) is 5.91 Å². The predicted molar refractivity (Wildman–Crippen MR) is 109 cm³/mol. The first-order valence-electron chi connectivity index (χ1n) is 10.3. The highest BCUT2D eigenvalue weighted by molar-refractivity contribution is 5.82. The molecule has 1 unspecified atom stereocenters. The third-order valence-electron chi connectivity index (χ3n) is 6.27. The molecule has 0 aromatic heterocycles. The number of phenols is 1. The van der Waals surface area contributed by atoms with E-state index in [9.17, 15) is 9.90 Å². The fourth-order valence-corrected chi connectivity index (χ4v) is 4.01. The Kier molecular flexibility index (Phi) is 6.11. The molecule has 0 spiro atoms. The average Bonchev–Trinajstić information content (AvgIpc) is 2.62. The fourth-order valence-electron chi connectivity index (χ4n) is 4.01. The van der Waals surface area contributed by atoms with Crippen LogP contribution in [0.1, 0.15) is 51.7 Å². The molecule has 5 nitrogen and oxygen atoms in total. The van der Waals surface area contributed by atoms with E-state index in [1.165, 1.54) is 12.8 Å². The van der Waals surface area contributed by atoms with Crippen molar-refractivity contribution in [3.8, 4) is 5.75 Å². The van der Waals surface area contributed by atoms with E-state index in [2.05, 4.69) is 43.2 Å². The van der Waals surface area contributed by atoms with E-state index in [1.807, 2.05) is 6.07 Å². The number of carbonyl (C=O) groups is 1. The van der Waals surface area contributed by atoms with Crippen molar-refractivity contribution >= 4 is 5.91 Å². The zero-order valence-corrected chi connectivity index (χ0v) is 17.2. The van der Waals surface area contributed by atoms with Gasteiger partial charge in [0.25, 0.3) is 0 Å². The zero-order chi connectivity index (χ0) is 19.6. The van der Waals surface area contributed by atoms with Crippen LogP contribution in [-0.2, 0) is 17.8 Å². The Labute approximate surface area is 163 Å². The highest BCUT2D eigenvalue weighted by atomic mass is 16.3. The number of nitrogens with zero attached hydrogens (tertiary/aromatic N) is 1. The number of benzene rings is 1. The second-order valence-corrected chi connectivity index (χ2v) is 9.41. The van der Waals surface area contributed by atoms with E-state index in [4.69, 9.17) is 0 Å². The number of likely N-dealkylation sites (tertiary alicyclic amines) is 1. The van der Waals surface area contributed by atoms with Gasteiger partial charge in [-0.2, -0.15) is 0 Å².